The van der Waals surface area contributed by atoms with Gasteiger partial charge in [0.05, 0.1) is 11.9 Å². The van der Waals surface area contributed by atoms with Gasteiger partial charge in [-0.25, -0.2) is 0 Å². The maximum Gasteiger partial charge on any atom is 0.317 e. The van der Waals surface area contributed by atoms with E-state index in [4.69, 9.17) is 9.47 Å². The van der Waals surface area contributed by atoms with Crippen LogP contribution in [0.1, 0.15) is 41.0 Å². The summed E-state index contributed by atoms with van der Waals surface area (Å²) < 4.78 is 11.1. The average molecular weight is 400 g/mol. The Bertz CT molecular complexity index is 885. The number of hydrogen-bond acceptors (Lipinski definition) is 6. The first-order valence-corrected chi connectivity index (χ1v) is 9.80. The molecule has 3 aliphatic rings. The van der Waals surface area contributed by atoms with Gasteiger partial charge in [0.15, 0.2) is 0 Å². The Balaban J connectivity index is 1.91. The fraction of sp³-hybridized carbons (Fsp3) is 0.478. The highest BCUT2D eigenvalue weighted by Gasteiger charge is 2.60. The standard InChI is InChI=1S/C23H28O6/c1-6-22(4,27)11-13(2)7-8-16-9-15-10-18-19(14(3)24)21(26)29-23(18,5)20(25)17(15)12-28-16/h7-12,18-20,25,27H,6H2,1-5H3. The minimum atomic E-state index is -1.20. The monoisotopic (exact) mass is 400 g/mol. The van der Waals surface area contributed by atoms with Gasteiger partial charge in [-0.15, -0.1) is 0 Å². The van der Waals surface area contributed by atoms with E-state index in [1.807, 2.05) is 26.0 Å². The zero-order chi connectivity index (χ0) is 21.6. The number of Topliss-reactive ketones (excluding diaryl/α,β-unsaturated/α-hetero) is 1. The first kappa shape index (κ1) is 21.3. The number of carbonyl (C=O) groups is 2. The topological polar surface area (TPSA) is 93.1 Å². The number of aliphatic hydroxyl groups excluding tert-OH is 1. The second-order valence-electron chi connectivity index (χ2n) is 8.41. The summed E-state index contributed by atoms with van der Waals surface area (Å²) in [4.78, 5) is 24.2. The van der Waals surface area contributed by atoms with Crippen LogP contribution < -0.4 is 0 Å². The molecule has 156 valence electrons. The van der Waals surface area contributed by atoms with Gasteiger partial charge < -0.3 is 19.7 Å². The van der Waals surface area contributed by atoms with Crippen molar-refractivity contribution < 1.29 is 29.3 Å². The van der Waals surface area contributed by atoms with Gasteiger partial charge in [0.1, 0.15) is 29.2 Å². The molecule has 0 aromatic carbocycles. The van der Waals surface area contributed by atoms with Crippen molar-refractivity contribution in [3.63, 3.8) is 0 Å². The molecule has 6 heteroatoms. The molecule has 2 aliphatic heterocycles. The second-order valence-corrected chi connectivity index (χ2v) is 8.41. The number of rotatable bonds is 5. The number of carbonyl (C=O) groups excluding carboxylic acids is 2. The van der Waals surface area contributed by atoms with Gasteiger partial charge in [-0.1, -0.05) is 30.7 Å². The van der Waals surface area contributed by atoms with E-state index in [9.17, 15) is 19.8 Å². The molecule has 1 saturated heterocycles. The molecule has 5 unspecified atom stereocenters. The zero-order valence-corrected chi connectivity index (χ0v) is 17.4. The number of allylic oxidation sites excluding steroid dienone is 4. The van der Waals surface area contributed by atoms with Gasteiger partial charge >= 0.3 is 5.97 Å². The Morgan fingerprint density at radius 1 is 1.38 bits per heavy atom. The summed E-state index contributed by atoms with van der Waals surface area (Å²) in [5.74, 6) is -1.80. The molecule has 0 amide bonds. The smallest absolute Gasteiger partial charge is 0.317 e. The van der Waals surface area contributed by atoms with E-state index in [0.29, 0.717) is 23.3 Å². The van der Waals surface area contributed by atoms with Gasteiger partial charge in [0.2, 0.25) is 0 Å². The molecule has 0 spiro atoms. The maximum atomic E-state index is 12.2. The van der Waals surface area contributed by atoms with E-state index >= 15 is 0 Å². The Hall–Kier alpha value is -2.44. The molecule has 1 fully saturated rings. The van der Waals surface area contributed by atoms with Crippen LogP contribution in [0.3, 0.4) is 0 Å². The van der Waals surface area contributed by atoms with E-state index in [2.05, 4.69) is 0 Å². The average Bonchev–Trinajstić information content (AvgIpc) is 2.90. The fourth-order valence-electron chi connectivity index (χ4n) is 4.03. The van der Waals surface area contributed by atoms with Gasteiger partial charge in [0.25, 0.3) is 0 Å². The lowest BCUT2D eigenvalue weighted by atomic mass is 9.69. The van der Waals surface area contributed by atoms with Crippen molar-refractivity contribution in [3.05, 3.63) is 59.1 Å². The van der Waals surface area contributed by atoms with Crippen LogP contribution in [0.2, 0.25) is 0 Å². The van der Waals surface area contributed by atoms with E-state index in [0.717, 1.165) is 5.57 Å². The molecule has 2 N–H and O–H groups in total. The SMILES string of the molecule is CCC(C)(O)C=C(C)C=CC1=CC2=CC3C(C(C)=O)C(=O)OC3(C)C(O)C2=CO1. The van der Waals surface area contributed by atoms with Crippen LogP contribution >= 0.6 is 0 Å². The van der Waals surface area contributed by atoms with Crippen molar-refractivity contribution >= 4 is 11.8 Å². The van der Waals surface area contributed by atoms with E-state index in [-0.39, 0.29) is 5.78 Å². The molecule has 0 aromatic rings. The number of esters is 1. The first-order valence-electron chi connectivity index (χ1n) is 9.80. The molecule has 29 heavy (non-hydrogen) atoms. The number of ketones is 1. The highest BCUT2D eigenvalue weighted by molar-refractivity contribution is 6.00. The van der Waals surface area contributed by atoms with Crippen molar-refractivity contribution in [3.8, 4) is 0 Å². The first-order chi connectivity index (χ1) is 13.5. The summed E-state index contributed by atoms with van der Waals surface area (Å²) in [6.07, 6.45) is 9.92. The summed E-state index contributed by atoms with van der Waals surface area (Å²) in [6, 6.07) is 0. The van der Waals surface area contributed by atoms with Crippen molar-refractivity contribution in [2.75, 3.05) is 0 Å². The maximum absolute atomic E-state index is 12.2. The Morgan fingerprint density at radius 3 is 2.69 bits per heavy atom. The minimum Gasteiger partial charge on any atom is -0.465 e. The van der Waals surface area contributed by atoms with Crippen LogP contribution in [0.4, 0.5) is 0 Å². The van der Waals surface area contributed by atoms with Crippen molar-refractivity contribution in [2.45, 2.75) is 58.3 Å². The van der Waals surface area contributed by atoms with Crippen LogP contribution in [0, 0.1) is 11.8 Å². The van der Waals surface area contributed by atoms with Crippen LogP contribution in [0.15, 0.2) is 59.1 Å². The van der Waals surface area contributed by atoms with Crippen LogP contribution in [-0.2, 0) is 19.1 Å². The minimum absolute atomic E-state index is 0.278. The lowest BCUT2D eigenvalue weighted by Gasteiger charge is -2.39. The largest absolute Gasteiger partial charge is 0.465 e. The molecular formula is C23H28O6. The number of hydrogen-bond donors (Lipinski definition) is 2. The summed E-state index contributed by atoms with van der Waals surface area (Å²) in [6.45, 7) is 8.55. The third-order valence-corrected chi connectivity index (χ3v) is 5.95. The fourth-order valence-corrected chi connectivity index (χ4v) is 4.03. The summed E-state index contributed by atoms with van der Waals surface area (Å²) in [5, 5.41) is 21.0. The van der Waals surface area contributed by atoms with E-state index in [1.165, 1.54) is 13.2 Å². The van der Waals surface area contributed by atoms with E-state index < -0.39 is 35.1 Å². The normalized spacial score (nSPS) is 33.6. The molecule has 5 atom stereocenters. The Labute approximate surface area is 170 Å². The molecule has 2 heterocycles. The van der Waals surface area contributed by atoms with Crippen LogP contribution in [0.25, 0.3) is 0 Å². The molecule has 0 aromatic heterocycles. The molecule has 3 rings (SSSR count). The Kier molecular flexibility index (Phi) is 5.45. The highest BCUT2D eigenvalue weighted by Crippen LogP contribution is 2.49. The second kappa shape index (κ2) is 7.43. The summed E-state index contributed by atoms with van der Waals surface area (Å²) >= 11 is 0. The molecule has 0 bridgehead atoms. The zero-order valence-electron chi connectivity index (χ0n) is 17.4. The van der Waals surface area contributed by atoms with Gasteiger partial charge in [-0.05, 0) is 51.8 Å². The van der Waals surface area contributed by atoms with Gasteiger partial charge in [-0.3, -0.25) is 9.59 Å². The van der Waals surface area contributed by atoms with Gasteiger partial charge in [-0.2, -0.15) is 0 Å². The third-order valence-electron chi connectivity index (χ3n) is 5.95. The predicted molar refractivity (Wildman–Crippen MR) is 107 cm³/mol. The van der Waals surface area contributed by atoms with Crippen molar-refractivity contribution in [1.29, 1.82) is 0 Å². The van der Waals surface area contributed by atoms with Crippen LogP contribution in [0.5, 0.6) is 0 Å². The van der Waals surface area contributed by atoms with Crippen molar-refractivity contribution in [2.24, 2.45) is 11.8 Å². The highest BCUT2D eigenvalue weighted by atomic mass is 16.6. The van der Waals surface area contributed by atoms with E-state index in [1.54, 1.807) is 32.1 Å². The van der Waals surface area contributed by atoms with Crippen LogP contribution in [-0.4, -0.2) is 39.3 Å². The molecule has 0 saturated carbocycles. The summed E-state index contributed by atoms with van der Waals surface area (Å²) in [5.41, 5.74) is 0.0308. The third kappa shape index (κ3) is 3.87. The number of aliphatic hydroxyl groups is 2. The molecule has 0 radical (unpaired) electrons. The molecule has 1 aliphatic carbocycles. The quantitative estimate of drug-likeness (QED) is 0.419. The Morgan fingerprint density at radius 2 is 2.07 bits per heavy atom. The molecular weight excluding hydrogens is 372 g/mol. The lowest BCUT2D eigenvalue weighted by Crippen LogP contribution is -2.49. The molecule has 6 nitrogen and oxygen atoms in total. The summed E-state index contributed by atoms with van der Waals surface area (Å²) in [7, 11) is 0. The number of fused-ring (bicyclic) bond motifs is 2. The predicted octanol–water partition coefficient (Wildman–Crippen LogP) is 2.89. The van der Waals surface area contributed by atoms with Crippen molar-refractivity contribution in [1.82, 2.24) is 0 Å². The van der Waals surface area contributed by atoms with Gasteiger partial charge in [0, 0.05) is 11.5 Å². The lowest BCUT2D eigenvalue weighted by molar-refractivity contribution is -0.157. The number of ether oxygens (including phenoxy) is 2.